The first kappa shape index (κ1) is 10.8. The average Bonchev–Trinajstić information content (AvgIpc) is 2.00. The Morgan fingerprint density at radius 1 is 1.64 bits per heavy atom. The number of aliphatic hydroxyl groups is 1. The molecule has 11 heavy (non-hydrogen) atoms. The van der Waals surface area contributed by atoms with Gasteiger partial charge in [0.15, 0.2) is 5.44 Å². The molecule has 0 aromatic rings. The van der Waals surface area contributed by atoms with E-state index in [2.05, 4.69) is 0 Å². The maximum absolute atomic E-state index is 10.8. The van der Waals surface area contributed by atoms with Crippen molar-refractivity contribution in [2.45, 2.75) is 25.7 Å². The van der Waals surface area contributed by atoms with Crippen LogP contribution in [0.15, 0.2) is 0 Å². The minimum absolute atomic E-state index is 0.389. The van der Waals surface area contributed by atoms with Crippen molar-refractivity contribution in [1.29, 1.82) is 0 Å². The zero-order valence-electron chi connectivity index (χ0n) is 6.87. The second-order valence-electron chi connectivity index (χ2n) is 1.98. The Morgan fingerprint density at radius 2 is 2.27 bits per heavy atom. The van der Waals surface area contributed by atoms with Gasteiger partial charge in [-0.1, -0.05) is 13.8 Å². The van der Waals surface area contributed by atoms with Crippen molar-refractivity contribution >= 4 is 17.7 Å². The topological polar surface area (TPSA) is 46.5 Å². The molecular weight excluding hydrogens is 164 g/mol. The zero-order valence-corrected chi connectivity index (χ0v) is 7.69. The maximum Gasteiger partial charge on any atom is 0.345 e. The lowest BCUT2D eigenvalue weighted by molar-refractivity contribution is -0.148. The van der Waals surface area contributed by atoms with Gasteiger partial charge in [-0.2, -0.15) is 0 Å². The summed E-state index contributed by atoms with van der Waals surface area (Å²) in [4.78, 5) is 10.8. The normalized spacial score (nSPS) is 12.6. The van der Waals surface area contributed by atoms with Gasteiger partial charge in [0.25, 0.3) is 0 Å². The molecule has 0 aliphatic carbocycles. The zero-order chi connectivity index (χ0) is 8.69. The maximum atomic E-state index is 10.8. The number of carbonyl (C=O) groups is 1. The summed E-state index contributed by atoms with van der Waals surface area (Å²) in [6.45, 7) is 4.17. The summed E-state index contributed by atoms with van der Waals surface area (Å²) in [6.07, 6.45) is 0.787. The molecule has 3 nitrogen and oxygen atoms in total. The third-order valence-electron chi connectivity index (χ3n) is 0.975. The van der Waals surface area contributed by atoms with Gasteiger partial charge in [-0.25, -0.2) is 4.79 Å². The minimum Gasteiger partial charge on any atom is -0.463 e. The van der Waals surface area contributed by atoms with E-state index in [1.807, 2.05) is 13.8 Å². The summed E-state index contributed by atoms with van der Waals surface area (Å²) in [5, 5.41) is 9.03. The van der Waals surface area contributed by atoms with Crippen LogP contribution in [0.3, 0.4) is 0 Å². The number of ether oxygens (including phenoxy) is 1. The molecule has 0 aromatic heterocycles. The number of aliphatic hydroxyl groups excluding tert-OH is 1. The molecule has 0 rings (SSSR count). The summed E-state index contributed by atoms with van der Waals surface area (Å²) < 4.78 is 4.70. The van der Waals surface area contributed by atoms with Crippen LogP contribution in [0.4, 0.5) is 0 Å². The molecule has 0 radical (unpaired) electrons. The monoisotopic (exact) mass is 178 g/mol. The van der Waals surface area contributed by atoms with E-state index in [4.69, 9.17) is 9.84 Å². The molecule has 4 heteroatoms. The number of esters is 1. The van der Waals surface area contributed by atoms with Gasteiger partial charge in [0, 0.05) is 0 Å². The molecule has 0 heterocycles. The van der Waals surface area contributed by atoms with E-state index in [1.54, 1.807) is 0 Å². The van der Waals surface area contributed by atoms with Crippen molar-refractivity contribution in [2.75, 3.05) is 12.4 Å². The second kappa shape index (κ2) is 6.49. The summed E-state index contributed by atoms with van der Waals surface area (Å²) in [5.41, 5.74) is -1.01. The molecule has 1 N–H and O–H groups in total. The third kappa shape index (κ3) is 5.09. The largest absolute Gasteiger partial charge is 0.463 e. The summed E-state index contributed by atoms with van der Waals surface area (Å²) in [6, 6.07) is 0. The van der Waals surface area contributed by atoms with E-state index in [1.165, 1.54) is 11.8 Å². The lowest BCUT2D eigenvalue weighted by Crippen LogP contribution is -2.20. The SMILES string of the molecule is CCCOC(=O)C(O)SCC. The first-order chi connectivity index (χ1) is 5.22. The van der Waals surface area contributed by atoms with Crippen LogP contribution in [-0.4, -0.2) is 28.9 Å². The van der Waals surface area contributed by atoms with E-state index in [0.29, 0.717) is 12.4 Å². The molecule has 0 saturated heterocycles. The van der Waals surface area contributed by atoms with Gasteiger partial charge in [-0.3, -0.25) is 0 Å². The highest BCUT2D eigenvalue weighted by molar-refractivity contribution is 8.00. The van der Waals surface area contributed by atoms with Gasteiger partial charge in [-0.05, 0) is 12.2 Å². The molecule has 0 fully saturated rings. The van der Waals surface area contributed by atoms with Crippen LogP contribution in [0.1, 0.15) is 20.3 Å². The lowest BCUT2D eigenvalue weighted by Gasteiger charge is -2.07. The number of hydrogen-bond acceptors (Lipinski definition) is 4. The number of thioether (sulfide) groups is 1. The lowest BCUT2D eigenvalue weighted by atomic mass is 10.5. The Morgan fingerprint density at radius 3 is 2.73 bits per heavy atom. The van der Waals surface area contributed by atoms with Crippen LogP contribution in [0.25, 0.3) is 0 Å². The standard InChI is InChI=1S/C7H14O3S/c1-3-5-10-6(8)7(9)11-4-2/h7,9H,3-5H2,1-2H3. The van der Waals surface area contributed by atoms with Crippen LogP contribution in [-0.2, 0) is 9.53 Å². The second-order valence-corrected chi connectivity index (χ2v) is 3.33. The van der Waals surface area contributed by atoms with Gasteiger partial charge in [0.2, 0.25) is 0 Å². The molecule has 1 unspecified atom stereocenters. The number of hydrogen-bond donors (Lipinski definition) is 1. The smallest absolute Gasteiger partial charge is 0.345 e. The Balaban J connectivity index is 3.47. The highest BCUT2D eigenvalue weighted by Crippen LogP contribution is 2.08. The van der Waals surface area contributed by atoms with Crippen LogP contribution in [0.2, 0.25) is 0 Å². The predicted molar refractivity (Wildman–Crippen MR) is 45.4 cm³/mol. The van der Waals surface area contributed by atoms with E-state index in [0.717, 1.165) is 6.42 Å². The van der Waals surface area contributed by atoms with E-state index in [-0.39, 0.29) is 0 Å². The van der Waals surface area contributed by atoms with Gasteiger partial charge in [0.05, 0.1) is 6.61 Å². The first-order valence-electron chi connectivity index (χ1n) is 3.68. The van der Waals surface area contributed by atoms with Crippen LogP contribution in [0.5, 0.6) is 0 Å². The molecule has 0 amide bonds. The summed E-state index contributed by atoms with van der Waals surface area (Å²) in [7, 11) is 0. The summed E-state index contributed by atoms with van der Waals surface area (Å²) in [5.74, 6) is 0.182. The first-order valence-corrected chi connectivity index (χ1v) is 4.73. The van der Waals surface area contributed by atoms with Crippen molar-refractivity contribution in [3.63, 3.8) is 0 Å². The molecule has 0 saturated carbocycles. The highest BCUT2D eigenvalue weighted by atomic mass is 32.2. The molecule has 0 aromatic carbocycles. The molecular formula is C7H14O3S. The quantitative estimate of drug-likeness (QED) is 0.504. The van der Waals surface area contributed by atoms with Crippen LogP contribution >= 0.6 is 11.8 Å². The number of rotatable bonds is 5. The Hall–Kier alpha value is -0.220. The van der Waals surface area contributed by atoms with Gasteiger partial charge in [-0.15, -0.1) is 11.8 Å². The van der Waals surface area contributed by atoms with Gasteiger partial charge < -0.3 is 9.84 Å². The van der Waals surface area contributed by atoms with Crippen LogP contribution in [0, 0.1) is 0 Å². The van der Waals surface area contributed by atoms with E-state index in [9.17, 15) is 4.79 Å². The third-order valence-corrected chi connectivity index (χ3v) is 1.82. The van der Waals surface area contributed by atoms with Crippen LogP contribution < -0.4 is 0 Å². The molecule has 0 spiro atoms. The fraction of sp³-hybridized carbons (Fsp3) is 0.857. The van der Waals surface area contributed by atoms with Gasteiger partial charge in [0.1, 0.15) is 0 Å². The van der Waals surface area contributed by atoms with Gasteiger partial charge >= 0.3 is 5.97 Å². The molecule has 1 atom stereocenters. The van der Waals surface area contributed by atoms with E-state index < -0.39 is 11.4 Å². The van der Waals surface area contributed by atoms with Crippen molar-refractivity contribution in [2.24, 2.45) is 0 Å². The minimum atomic E-state index is -1.01. The molecule has 66 valence electrons. The Kier molecular flexibility index (Phi) is 6.36. The number of carbonyl (C=O) groups excluding carboxylic acids is 1. The Bertz CT molecular complexity index is 116. The fourth-order valence-corrected chi connectivity index (χ4v) is 1.02. The average molecular weight is 178 g/mol. The fourth-order valence-electron chi connectivity index (χ4n) is 0.500. The van der Waals surface area contributed by atoms with Crippen molar-refractivity contribution in [1.82, 2.24) is 0 Å². The molecule has 0 aliphatic rings. The van der Waals surface area contributed by atoms with E-state index >= 15 is 0 Å². The Labute approximate surface area is 71.1 Å². The van der Waals surface area contributed by atoms with Crippen molar-refractivity contribution in [3.05, 3.63) is 0 Å². The summed E-state index contributed by atoms with van der Waals surface area (Å²) >= 11 is 1.17. The van der Waals surface area contributed by atoms with Crippen molar-refractivity contribution in [3.8, 4) is 0 Å². The molecule has 0 bridgehead atoms. The van der Waals surface area contributed by atoms with Crippen molar-refractivity contribution < 1.29 is 14.6 Å². The molecule has 0 aliphatic heterocycles. The predicted octanol–water partition coefficient (Wildman–Crippen LogP) is 1.01. The highest BCUT2D eigenvalue weighted by Gasteiger charge is 2.14.